The van der Waals surface area contributed by atoms with Crippen molar-refractivity contribution < 1.29 is 9.90 Å². The van der Waals surface area contributed by atoms with Crippen molar-refractivity contribution in [3.8, 4) is 0 Å². The van der Waals surface area contributed by atoms with Gasteiger partial charge < -0.3 is 5.11 Å². The summed E-state index contributed by atoms with van der Waals surface area (Å²) >= 11 is 4.21. The van der Waals surface area contributed by atoms with E-state index in [9.17, 15) is 4.79 Å². The minimum Gasteiger partial charge on any atom is -0.481 e. The van der Waals surface area contributed by atoms with Crippen molar-refractivity contribution in [1.29, 1.82) is 0 Å². The van der Waals surface area contributed by atoms with Gasteiger partial charge in [0.05, 0.1) is 12.1 Å². The Morgan fingerprint density at radius 3 is 2.94 bits per heavy atom. The zero-order valence-electron chi connectivity index (χ0n) is 8.91. The van der Waals surface area contributed by atoms with E-state index in [2.05, 4.69) is 14.3 Å². The number of rotatable bonds is 5. The van der Waals surface area contributed by atoms with Gasteiger partial charge in [0.15, 0.2) is 8.68 Å². The lowest BCUT2D eigenvalue weighted by Gasteiger charge is -1.89. The van der Waals surface area contributed by atoms with Crippen molar-refractivity contribution in [2.75, 3.05) is 0 Å². The van der Waals surface area contributed by atoms with Crippen LogP contribution in [0.5, 0.6) is 0 Å². The van der Waals surface area contributed by atoms with Gasteiger partial charge in [-0.3, -0.25) is 4.79 Å². The number of carboxylic acid groups (broad SMARTS) is 1. The molecule has 0 aliphatic carbocycles. The van der Waals surface area contributed by atoms with Crippen LogP contribution >= 0.6 is 34.6 Å². The number of aryl methyl sites for hydroxylation is 1. The van der Waals surface area contributed by atoms with Crippen LogP contribution in [0.2, 0.25) is 0 Å². The normalized spacial score (nSPS) is 10.6. The molecule has 2 heterocycles. The average Bonchev–Trinajstić information content (AvgIpc) is 2.88. The number of hydrogen-bond donors (Lipinski definition) is 1. The lowest BCUT2D eigenvalue weighted by atomic mass is 10.3. The Balaban J connectivity index is 2.03. The second-order valence-corrected chi connectivity index (χ2v) is 6.21. The van der Waals surface area contributed by atoms with E-state index >= 15 is 0 Å². The van der Waals surface area contributed by atoms with E-state index < -0.39 is 5.97 Å². The number of nitrogens with zero attached hydrogens (tertiary/aromatic N) is 3. The summed E-state index contributed by atoms with van der Waals surface area (Å²) in [6.07, 6.45) is 0.784. The molecule has 0 atom stereocenters. The van der Waals surface area contributed by atoms with Gasteiger partial charge in [-0.15, -0.1) is 11.3 Å². The predicted octanol–water partition coefficient (Wildman–Crippen LogP) is 2.34. The molecule has 0 unspecified atom stereocenters. The molecule has 0 amide bonds. The van der Waals surface area contributed by atoms with Crippen molar-refractivity contribution in [3.05, 3.63) is 16.9 Å². The van der Waals surface area contributed by atoms with E-state index in [1.807, 2.05) is 6.92 Å². The molecular formula is C9H9N3O2S3. The van der Waals surface area contributed by atoms with Crippen molar-refractivity contribution in [1.82, 2.24) is 14.3 Å². The van der Waals surface area contributed by atoms with Gasteiger partial charge >= 0.3 is 5.97 Å². The van der Waals surface area contributed by atoms with Crippen LogP contribution in [-0.2, 0) is 17.6 Å². The third kappa shape index (κ3) is 3.48. The van der Waals surface area contributed by atoms with Crippen LogP contribution in [0.25, 0.3) is 0 Å². The summed E-state index contributed by atoms with van der Waals surface area (Å²) in [5.74, 6) is -0.0316. The van der Waals surface area contributed by atoms with Crippen molar-refractivity contribution >= 4 is 40.6 Å². The zero-order valence-corrected chi connectivity index (χ0v) is 11.4. The Hall–Kier alpha value is -0.990. The zero-order chi connectivity index (χ0) is 12.3. The highest BCUT2D eigenvalue weighted by atomic mass is 32.2. The molecule has 2 aromatic rings. The molecule has 0 fully saturated rings. The molecular weight excluding hydrogens is 278 g/mol. The lowest BCUT2D eigenvalue weighted by Crippen LogP contribution is -1.99. The molecule has 0 saturated carbocycles. The van der Waals surface area contributed by atoms with E-state index in [4.69, 9.17) is 5.11 Å². The first-order valence-corrected chi connectivity index (χ1v) is 7.31. The minimum absolute atomic E-state index is 0.0343. The van der Waals surface area contributed by atoms with E-state index in [0.717, 1.165) is 20.9 Å². The van der Waals surface area contributed by atoms with Gasteiger partial charge in [-0.25, -0.2) is 9.97 Å². The van der Waals surface area contributed by atoms with Gasteiger partial charge in [0.25, 0.3) is 0 Å². The number of carbonyl (C=O) groups is 1. The first-order valence-electron chi connectivity index (χ1n) is 4.84. The fourth-order valence-electron chi connectivity index (χ4n) is 1.07. The number of carboxylic acids is 1. The Labute approximate surface area is 110 Å². The van der Waals surface area contributed by atoms with Crippen LogP contribution in [0.4, 0.5) is 0 Å². The van der Waals surface area contributed by atoms with Crippen molar-refractivity contribution in [3.63, 3.8) is 0 Å². The minimum atomic E-state index is -0.865. The summed E-state index contributed by atoms with van der Waals surface area (Å²) in [5, 5.41) is 10.4. The topological polar surface area (TPSA) is 76.0 Å². The van der Waals surface area contributed by atoms with Crippen molar-refractivity contribution in [2.24, 2.45) is 0 Å². The Kier molecular flexibility index (Phi) is 4.08. The molecule has 2 aromatic heterocycles. The monoisotopic (exact) mass is 287 g/mol. The molecule has 5 nitrogen and oxygen atoms in total. The van der Waals surface area contributed by atoms with E-state index in [-0.39, 0.29) is 6.42 Å². The standard InChI is InChI=1S/C9H9N3O2S3/c1-2-6-11-9(17-12-6)16-8-10-5(4-15-8)3-7(13)14/h4H,2-3H2,1H3,(H,13,14). The summed E-state index contributed by atoms with van der Waals surface area (Å²) in [5.41, 5.74) is 0.588. The van der Waals surface area contributed by atoms with Gasteiger partial charge in [-0.1, -0.05) is 6.92 Å². The molecule has 2 rings (SSSR count). The molecule has 0 bridgehead atoms. The summed E-state index contributed by atoms with van der Waals surface area (Å²) in [6, 6.07) is 0. The summed E-state index contributed by atoms with van der Waals surface area (Å²) in [4.78, 5) is 19.1. The summed E-state index contributed by atoms with van der Waals surface area (Å²) in [6.45, 7) is 2.00. The molecule has 1 N–H and O–H groups in total. The third-order valence-corrected chi connectivity index (χ3v) is 4.58. The van der Waals surface area contributed by atoms with Crippen LogP contribution in [0.1, 0.15) is 18.4 Å². The molecule has 90 valence electrons. The molecule has 0 spiro atoms. The van der Waals surface area contributed by atoms with Crippen LogP contribution in [0.3, 0.4) is 0 Å². The van der Waals surface area contributed by atoms with Crippen LogP contribution in [0.15, 0.2) is 14.1 Å². The molecule has 0 aliphatic rings. The highest BCUT2D eigenvalue weighted by Crippen LogP contribution is 2.31. The van der Waals surface area contributed by atoms with Crippen molar-refractivity contribution in [2.45, 2.75) is 28.4 Å². The van der Waals surface area contributed by atoms with Gasteiger partial charge in [0.1, 0.15) is 5.82 Å². The number of thiazole rings is 1. The van der Waals surface area contributed by atoms with E-state index in [0.29, 0.717) is 5.69 Å². The second kappa shape index (κ2) is 5.56. The van der Waals surface area contributed by atoms with Crippen LogP contribution in [-0.4, -0.2) is 25.4 Å². The molecule has 8 heteroatoms. The highest BCUT2D eigenvalue weighted by molar-refractivity contribution is 8.02. The van der Waals surface area contributed by atoms with Gasteiger partial charge in [-0.2, -0.15) is 4.37 Å². The first kappa shape index (κ1) is 12.5. The highest BCUT2D eigenvalue weighted by Gasteiger charge is 2.10. The summed E-state index contributed by atoms with van der Waals surface area (Å²) in [7, 11) is 0. The first-order chi connectivity index (χ1) is 8.17. The Bertz CT molecular complexity index is 523. The predicted molar refractivity (Wildman–Crippen MR) is 66.9 cm³/mol. The average molecular weight is 287 g/mol. The quantitative estimate of drug-likeness (QED) is 0.909. The van der Waals surface area contributed by atoms with Crippen LogP contribution < -0.4 is 0 Å². The van der Waals surface area contributed by atoms with Crippen LogP contribution in [0, 0.1) is 0 Å². The molecule has 0 saturated heterocycles. The second-order valence-electron chi connectivity index (χ2n) is 3.11. The Morgan fingerprint density at radius 2 is 2.29 bits per heavy atom. The van der Waals surface area contributed by atoms with E-state index in [1.165, 1.54) is 34.6 Å². The third-order valence-electron chi connectivity index (χ3n) is 1.80. The molecule has 0 aromatic carbocycles. The number of aromatic nitrogens is 3. The molecule has 17 heavy (non-hydrogen) atoms. The van der Waals surface area contributed by atoms with Gasteiger partial charge in [0.2, 0.25) is 0 Å². The fourth-order valence-corrected chi connectivity index (χ4v) is 3.80. The SMILES string of the molecule is CCc1nsc(Sc2nc(CC(=O)O)cs2)n1. The Morgan fingerprint density at radius 1 is 1.47 bits per heavy atom. The van der Waals surface area contributed by atoms with Gasteiger partial charge in [-0.05, 0) is 23.3 Å². The maximum atomic E-state index is 10.5. The van der Waals surface area contributed by atoms with E-state index in [1.54, 1.807) is 5.38 Å². The summed E-state index contributed by atoms with van der Waals surface area (Å²) < 4.78 is 5.83. The largest absolute Gasteiger partial charge is 0.481 e. The smallest absolute Gasteiger partial charge is 0.309 e. The molecule has 0 radical (unpaired) electrons. The fraction of sp³-hybridized carbons (Fsp3) is 0.333. The maximum Gasteiger partial charge on any atom is 0.309 e. The number of hydrogen-bond acceptors (Lipinski definition) is 7. The number of aliphatic carboxylic acids is 1. The van der Waals surface area contributed by atoms with Gasteiger partial charge in [0, 0.05) is 11.8 Å². The maximum absolute atomic E-state index is 10.5. The lowest BCUT2D eigenvalue weighted by molar-refractivity contribution is -0.136. The molecule has 0 aliphatic heterocycles.